The summed E-state index contributed by atoms with van der Waals surface area (Å²) in [6.45, 7) is 0. The Balaban J connectivity index is 0. The SMILES string of the molecule is O.O.[LiH].[LiH]. The Labute approximate surface area is 48.9 Å². The second-order valence-corrected chi connectivity index (χ2v) is 0. The zero-order valence-corrected chi connectivity index (χ0v) is 1.00. The van der Waals surface area contributed by atoms with Gasteiger partial charge in [0.05, 0.1) is 0 Å². The molecule has 0 unspecified atom stereocenters. The van der Waals surface area contributed by atoms with Gasteiger partial charge in [0, 0.05) is 0 Å². The van der Waals surface area contributed by atoms with Gasteiger partial charge in [-0.2, -0.15) is 0 Å². The fourth-order valence-corrected chi connectivity index (χ4v) is 0. The molecule has 0 aliphatic carbocycles. The average Bonchev–Trinajstić information content (AvgIpc) is 0. The maximum atomic E-state index is 0. The van der Waals surface area contributed by atoms with Gasteiger partial charge in [-0.25, -0.2) is 0 Å². The second kappa shape index (κ2) is 32.1. The van der Waals surface area contributed by atoms with Crippen LogP contribution in [-0.4, -0.2) is 48.7 Å². The van der Waals surface area contributed by atoms with Gasteiger partial charge in [0.15, 0.2) is 0 Å². The fraction of sp³-hybridized carbons (Fsp3) is 0. The topological polar surface area (TPSA) is 63.0 Å². The van der Waals surface area contributed by atoms with Crippen molar-refractivity contribution < 1.29 is 11.0 Å². The van der Waals surface area contributed by atoms with Crippen LogP contribution in [0.5, 0.6) is 0 Å². The molecule has 0 radical (unpaired) electrons. The molecule has 2 nitrogen and oxygen atoms in total. The minimum absolute atomic E-state index is 0. The summed E-state index contributed by atoms with van der Waals surface area (Å²) >= 11 is 0. The zero-order valence-electron chi connectivity index (χ0n) is 1.00. The molecule has 0 atom stereocenters. The molecule has 0 aromatic heterocycles. The van der Waals surface area contributed by atoms with Crippen molar-refractivity contribution in [3.63, 3.8) is 0 Å². The summed E-state index contributed by atoms with van der Waals surface area (Å²) < 4.78 is 0. The van der Waals surface area contributed by atoms with Crippen LogP contribution in [0.25, 0.3) is 0 Å². The summed E-state index contributed by atoms with van der Waals surface area (Å²) in [5, 5.41) is 0. The van der Waals surface area contributed by atoms with Crippen molar-refractivity contribution in [3.05, 3.63) is 0 Å². The van der Waals surface area contributed by atoms with E-state index >= 15 is 0 Å². The van der Waals surface area contributed by atoms with E-state index in [1.165, 1.54) is 0 Å². The first-order chi connectivity index (χ1) is 0. The van der Waals surface area contributed by atoms with E-state index in [0.29, 0.717) is 0 Å². The van der Waals surface area contributed by atoms with Crippen LogP contribution in [0.1, 0.15) is 0 Å². The van der Waals surface area contributed by atoms with Crippen molar-refractivity contribution in [3.8, 4) is 0 Å². The Morgan fingerprint density at radius 3 is 0.500 bits per heavy atom. The van der Waals surface area contributed by atoms with Gasteiger partial charge in [-0.3, -0.25) is 0 Å². The molecule has 4 heavy (non-hydrogen) atoms. The molecule has 4 heteroatoms. The monoisotopic (exact) mass is 52.1 g/mol. The van der Waals surface area contributed by atoms with Gasteiger partial charge in [-0.1, -0.05) is 0 Å². The Morgan fingerprint density at radius 1 is 0.500 bits per heavy atom. The van der Waals surface area contributed by atoms with E-state index in [9.17, 15) is 0 Å². The zero-order chi connectivity index (χ0) is 0. The van der Waals surface area contributed by atoms with E-state index in [0.717, 1.165) is 0 Å². The summed E-state index contributed by atoms with van der Waals surface area (Å²) in [6, 6.07) is 0. The Kier molecular flexibility index (Phi) is 560. The molecule has 0 spiro atoms. The van der Waals surface area contributed by atoms with Crippen molar-refractivity contribution in [1.82, 2.24) is 0 Å². The number of hydrogen-bond acceptors (Lipinski definition) is 0. The molecule has 0 rings (SSSR count). The van der Waals surface area contributed by atoms with Crippen molar-refractivity contribution in [2.45, 2.75) is 0 Å². The third kappa shape index (κ3) is 11.2. The first-order valence-corrected chi connectivity index (χ1v) is 0. The molecule has 0 heterocycles. The van der Waals surface area contributed by atoms with Gasteiger partial charge in [0.1, 0.15) is 0 Å². The molecule has 0 fully saturated rings. The van der Waals surface area contributed by atoms with E-state index in [4.69, 9.17) is 0 Å². The predicted octanol–water partition coefficient (Wildman–Crippen LogP) is -2.95. The summed E-state index contributed by atoms with van der Waals surface area (Å²) in [7, 11) is 0. The second-order valence-electron chi connectivity index (χ2n) is 0. The standard InChI is InChI=1S/2Li.2H2O.2H/h;;2*1H2;;. The molecule has 0 saturated heterocycles. The van der Waals surface area contributed by atoms with Crippen LogP contribution in [0, 0.1) is 0 Å². The van der Waals surface area contributed by atoms with E-state index < -0.39 is 0 Å². The van der Waals surface area contributed by atoms with Crippen LogP contribution in [-0.2, 0) is 0 Å². The first-order valence-electron chi connectivity index (χ1n) is 0. The molecule has 4 N–H and O–H groups in total. The predicted molar refractivity (Wildman–Crippen MR) is 21.5 cm³/mol. The van der Waals surface area contributed by atoms with Crippen LogP contribution < -0.4 is 0 Å². The van der Waals surface area contributed by atoms with Crippen LogP contribution in [0.4, 0.5) is 0 Å². The Morgan fingerprint density at radius 2 is 0.500 bits per heavy atom. The summed E-state index contributed by atoms with van der Waals surface area (Å²) in [5.74, 6) is 0. The molecule has 0 saturated carbocycles. The van der Waals surface area contributed by atoms with Crippen LogP contribution in [0.15, 0.2) is 0 Å². The molecule has 0 aliphatic heterocycles. The third-order valence-corrected chi connectivity index (χ3v) is 0. The van der Waals surface area contributed by atoms with Crippen molar-refractivity contribution in [1.29, 1.82) is 0 Å². The van der Waals surface area contributed by atoms with Gasteiger partial charge in [0.25, 0.3) is 0 Å². The van der Waals surface area contributed by atoms with E-state index in [1.54, 1.807) is 0 Å². The quantitative estimate of drug-likeness (QED) is 0.264. The van der Waals surface area contributed by atoms with Gasteiger partial charge in [0.2, 0.25) is 0 Å². The molecule has 20 valence electrons. The molecule has 0 aromatic carbocycles. The van der Waals surface area contributed by atoms with Crippen molar-refractivity contribution in [2.75, 3.05) is 0 Å². The summed E-state index contributed by atoms with van der Waals surface area (Å²) in [5.41, 5.74) is 0. The Hall–Kier alpha value is 1.11. The van der Waals surface area contributed by atoms with Crippen LogP contribution in [0.3, 0.4) is 0 Å². The van der Waals surface area contributed by atoms with Crippen LogP contribution in [0.2, 0.25) is 0 Å². The number of rotatable bonds is 0. The van der Waals surface area contributed by atoms with Gasteiger partial charge >= 0.3 is 37.7 Å². The normalized spacial score (nSPS) is 0. The molecule has 0 aromatic rings. The summed E-state index contributed by atoms with van der Waals surface area (Å²) in [4.78, 5) is 0. The third-order valence-electron chi connectivity index (χ3n) is 0. The molecular weight excluding hydrogens is 45.9 g/mol. The minimum atomic E-state index is 0. The van der Waals surface area contributed by atoms with Crippen molar-refractivity contribution >= 4 is 37.7 Å². The van der Waals surface area contributed by atoms with E-state index in [2.05, 4.69) is 0 Å². The van der Waals surface area contributed by atoms with Crippen LogP contribution >= 0.6 is 0 Å². The molecule has 0 amide bonds. The van der Waals surface area contributed by atoms with E-state index in [1.807, 2.05) is 0 Å². The first kappa shape index (κ1) is 69.7. The van der Waals surface area contributed by atoms with Gasteiger partial charge in [-0.05, 0) is 0 Å². The molecule has 0 aliphatic rings. The van der Waals surface area contributed by atoms with Crippen molar-refractivity contribution in [2.24, 2.45) is 0 Å². The fourth-order valence-electron chi connectivity index (χ4n) is 0. The summed E-state index contributed by atoms with van der Waals surface area (Å²) in [6.07, 6.45) is 0. The maximum absolute atomic E-state index is 0. The molecular formula is H6Li2O2. The Bertz CT molecular complexity index is 4.00. The van der Waals surface area contributed by atoms with Gasteiger partial charge in [-0.15, -0.1) is 0 Å². The number of hydrogen-bond donors (Lipinski definition) is 0. The molecule has 0 bridgehead atoms. The van der Waals surface area contributed by atoms with E-state index in [-0.39, 0.29) is 48.7 Å². The van der Waals surface area contributed by atoms with Gasteiger partial charge < -0.3 is 11.0 Å². The average molecular weight is 51.9 g/mol.